The van der Waals surface area contributed by atoms with Crippen LogP contribution in [0.15, 0.2) is 54.2 Å². The quantitative estimate of drug-likeness (QED) is 0.855. The molecule has 1 N–H and O–H groups in total. The minimum atomic E-state index is 0.798. The molecular weight excluding hydrogens is 258 g/mol. The first-order valence-electron chi connectivity index (χ1n) is 6.80. The second-order valence-electron chi connectivity index (χ2n) is 4.68. The van der Waals surface area contributed by atoms with Gasteiger partial charge in [0.2, 0.25) is 0 Å². The lowest BCUT2D eigenvalue weighted by Gasteiger charge is -2.11. The number of nitrogens with one attached hydrogen (secondary N) is 1. The summed E-state index contributed by atoms with van der Waals surface area (Å²) in [5, 5.41) is 3.05. The number of ether oxygens (including phenoxy) is 1. The molecule has 2 aromatic rings. The van der Waals surface area contributed by atoms with Crippen molar-refractivity contribution in [2.75, 3.05) is 14.2 Å². The molecule has 0 unspecified atom stereocenters. The first-order valence-corrected chi connectivity index (χ1v) is 6.80. The molecule has 2 nitrogen and oxygen atoms in total. The maximum atomic E-state index is 5.53. The SMILES string of the molecule is C#C/C(NC)=C(/C)c1cccc(-c2ccccc2OC)c1. The standard InChI is InChI=1S/C19H19NO/c1-5-18(20-3)14(2)15-9-8-10-16(13-15)17-11-6-7-12-19(17)21-4/h1,6-13,20H,2-4H3/b18-14+. The monoisotopic (exact) mass is 277 g/mol. The molecule has 2 rings (SSSR count). The van der Waals surface area contributed by atoms with E-state index in [0.717, 1.165) is 33.7 Å². The number of methoxy groups -OCH3 is 1. The van der Waals surface area contributed by atoms with Gasteiger partial charge >= 0.3 is 0 Å². The molecule has 0 amide bonds. The zero-order valence-electron chi connectivity index (χ0n) is 12.6. The zero-order valence-corrected chi connectivity index (χ0v) is 12.6. The van der Waals surface area contributed by atoms with Gasteiger partial charge in [0.05, 0.1) is 12.8 Å². The van der Waals surface area contributed by atoms with Crippen LogP contribution in [0, 0.1) is 12.3 Å². The van der Waals surface area contributed by atoms with Crippen LogP contribution in [0.4, 0.5) is 0 Å². The fourth-order valence-corrected chi connectivity index (χ4v) is 2.32. The van der Waals surface area contributed by atoms with Crippen LogP contribution < -0.4 is 10.1 Å². The van der Waals surface area contributed by atoms with Gasteiger partial charge in [0, 0.05) is 12.6 Å². The Kier molecular flexibility index (Phi) is 4.68. The van der Waals surface area contributed by atoms with E-state index in [-0.39, 0.29) is 0 Å². The van der Waals surface area contributed by atoms with Crippen LogP contribution in [0.25, 0.3) is 16.7 Å². The van der Waals surface area contributed by atoms with Gasteiger partial charge in [-0.05, 0) is 35.8 Å². The molecule has 0 aliphatic heterocycles. The lowest BCUT2D eigenvalue weighted by atomic mass is 9.98. The van der Waals surface area contributed by atoms with Crippen molar-refractivity contribution in [1.82, 2.24) is 5.32 Å². The summed E-state index contributed by atoms with van der Waals surface area (Å²) in [4.78, 5) is 0. The van der Waals surface area contributed by atoms with Crippen molar-refractivity contribution in [3.63, 3.8) is 0 Å². The van der Waals surface area contributed by atoms with Crippen molar-refractivity contribution in [3.05, 3.63) is 59.8 Å². The highest BCUT2D eigenvalue weighted by Gasteiger charge is 2.07. The minimum absolute atomic E-state index is 0.798. The van der Waals surface area contributed by atoms with Crippen LogP contribution in [-0.4, -0.2) is 14.2 Å². The number of benzene rings is 2. The Morgan fingerprint density at radius 3 is 2.57 bits per heavy atom. The Morgan fingerprint density at radius 2 is 1.90 bits per heavy atom. The molecule has 0 spiro atoms. The molecular formula is C19H19NO. The summed E-state index contributed by atoms with van der Waals surface area (Å²) in [5.41, 5.74) is 5.13. The molecule has 0 radical (unpaired) electrons. The van der Waals surface area contributed by atoms with Crippen LogP contribution >= 0.6 is 0 Å². The van der Waals surface area contributed by atoms with Crippen molar-refractivity contribution >= 4 is 5.57 Å². The first kappa shape index (κ1) is 14.7. The van der Waals surface area contributed by atoms with Crippen molar-refractivity contribution in [2.45, 2.75) is 6.92 Å². The second kappa shape index (κ2) is 6.67. The Morgan fingerprint density at radius 1 is 1.14 bits per heavy atom. The normalized spacial score (nSPS) is 11.3. The third-order valence-corrected chi connectivity index (χ3v) is 3.48. The molecule has 2 heteroatoms. The Bertz CT molecular complexity index is 708. The van der Waals surface area contributed by atoms with Gasteiger partial charge in [0.1, 0.15) is 5.75 Å². The Balaban J connectivity index is 2.53. The largest absolute Gasteiger partial charge is 0.496 e. The van der Waals surface area contributed by atoms with E-state index in [9.17, 15) is 0 Å². The Hall–Kier alpha value is -2.66. The maximum Gasteiger partial charge on any atom is 0.126 e. The second-order valence-corrected chi connectivity index (χ2v) is 4.68. The van der Waals surface area contributed by atoms with E-state index >= 15 is 0 Å². The number of hydrogen-bond donors (Lipinski definition) is 1. The van der Waals surface area contributed by atoms with Gasteiger partial charge in [-0.2, -0.15) is 0 Å². The Labute approximate surface area is 126 Å². The summed E-state index contributed by atoms with van der Waals surface area (Å²) in [5.74, 6) is 3.54. The lowest BCUT2D eigenvalue weighted by Crippen LogP contribution is -2.05. The lowest BCUT2D eigenvalue weighted by molar-refractivity contribution is 0.416. The predicted octanol–water partition coefficient (Wildman–Crippen LogP) is 3.95. The molecule has 0 aliphatic carbocycles. The number of hydrogen-bond acceptors (Lipinski definition) is 2. The molecule has 0 atom stereocenters. The van der Waals surface area contributed by atoms with E-state index in [0.29, 0.717) is 0 Å². The number of terminal acetylenes is 1. The summed E-state index contributed by atoms with van der Waals surface area (Å²) in [6.07, 6.45) is 5.53. The average Bonchev–Trinajstić information content (AvgIpc) is 2.56. The van der Waals surface area contributed by atoms with Crippen LogP contribution in [-0.2, 0) is 0 Å². The first-order chi connectivity index (χ1) is 10.2. The summed E-state index contributed by atoms with van der Waals surface area (Å²) in [7, 11) is 3.52. The number of para-hydroxylation sites is 1. The smallest absolute Gasteiger partial charge is 0.126 e. The molecule has 0 bridgehead atoms. The average molecular weight is 277 g/mol. The van der Waals surface area contributed by atoms with E-state index in [1.807, 2.05) is 38.2 Å². The molecule has 21 heavy (non-hydrogen) atoms. The van der Waals surface area contributed by atoms with Crippen LogP contribution in [0.5, 0.6) is 5.75 Å². The fraction of sp³-hybridized carbons (Fsp3) is 0.158. The molecule has 0 saturated heterocycles. The molecule has 0 saturated carbocycles. The van der Waals surface area contributed by atoms with Gasteiger partial charge < -0.3 is 10.1 Å². The summed E-state index contributed by atoms with van der Waals surface area (Å²) in [6, 6.07) is 16.3. The molecule has 2 aromatic carbocycles. The van der Waals surface area contributed by atoms with Crippen LogP contribution in [0.1, 0.15) is 12.5 Å². The van der Waals surface area contributed by atoms with Gasteiger partial charge in [-0.25, -0.2) is 0 Å². The predicted molar refractivity (Wildman–Crippen MR) is 88.9 cm³/mol. The van der Waals surface area contributed by atoms with Crippen molar-refractivity contribution < 1.29 is 4.74 Å². The highest BCUT2D eigenvalue weighted by Crippen LogP contribution is 2.31. The topological polar surface area (TPSA) is 21.3 Å². The van der Waals surface area contributed by atoms with E-state index in [2.05, 4.69) is 35.5 Å². The number of rotatable bonds is 4. The van der Waals surface area contributed by atoms with Gasteiger partial charge in [0.25, 0.3) is 0 Å². The van der Waals surface area contributed by atoms with Gasteiger partial charge in [0.15, 0.2) is 0 Å². The van der Waals surface area contributed by atoms with Crippen molar-refractivity contribution in [2.24, 2.45) is 0 Å². The van der Waals surface area contributed by atoms with Gasteiger partial charge in [-0.1, -0.05) is 42.3 Å². The maximum absolute atomic E-state index is 5.53. The van der Waals surface area contributed by atoms with E-state index < -0.39 is 0 Å². The third kappa shape index (κ3) is 3.09. The summed E-state index contributed by atoms with van der Waals surface area (Å²) >= 11 is 0. The molecule has 0 heterocycles. The van der Waals surface area contributed by atoms with Crippen LogP contribution in [0.3, 0.4) is 0 Å². The number of allylic oxidation sites excluding steroid dienone is 2. The van der Waals surface area contributed by atoms with E-state index in [4.69, 9.17) is 11.2 Å². The van der Waals surface area contributed by atoms with Crippen LogP contribution in [0.2, 0.25) is 0 Å². The third-order valence-electron chi connectivity index (χ3n) is 3.48. The molecule has 0 aromatic heterocycles. The van der Waals surface area contributed by atoms with Gasteiger partial charge in [-0.15, -0.1) is 6.42 Å². The minimum Gasteiger partial charge on any atom is -0.496 e. The summed E-state index contributed by atoms with van der Waals surface area (Å²) in [6.45, 7) is 2.02. The zero-order chi connectivity index (χ0) is 15.2. The fourth-order valence-electron chi connectivity index (χ4n) is 2.32. The van der Waals surface area contributed by atoms with E-state index in [1.54, 1.807) is 7.11 Å². The molecule has 0 aliphatic rings. The van der Waals surface area contributed by atoms with E-state index in [1.165, 1.54) is 0 Å². The highest BCUT2D eigenvalue weighted by atomic mass is 16.5. The van der Waals surface area contributed by atoms with Crippen molar-refractivity contribution in [1.29, 1.82) is 0 Å². The van der Waals surface area contributed by atoms with Gasteiger partial charge in [-0.3, -0.25) is 0 Å². The van der Waals surface area contributed by atoms with Crippen molar-refractivity contribution in [3.8, 4) is 29.2 Å². The molecule has 0 fully saturated rings. The highest BCUT2D eigenvalue weighted by molar-refractivity contribution is 5.77. The summed E-state index contributed by atoms with van der Waals surface area (Å²) < 4.78 is 5.43. The molecule has 106 valence electrons.